The maximum atomic E-state index is 13.0. The number of thioether (sulfide) groups is 1. The summed E-state index contributed by atoms with van der Waals surface area (Å²) in [5.41, 5.74) is 5.04. The van der Waals surface area contributed by atoms with Crippen molar-refractivity contribution in [2.24, 2.45) is 17.6 Å². The fourth-order valence-corrected chi connectivity index (χ4v) is 7.31. The van der Waals surface area contributed by atoms with Crippen molar-refractivity contribution in [2.45, 2.75) is 62.5 Å². The van der Waals surface area contributed by atoms with Crippen LogP contribution in [0.15, 0.2) is 10.6 Å². The summed E-state index contributed by atoms with van der Waals surface area (Å²) in [6.45, 7) is 4.77. The van der Waals surface area contributed by atoms with Crippen molar-refractivity contribution in [1.82, 2.24) is 25.8 Å². The van der Waals surface area contributed by atoms with Crippen molar-refractivity contribution >= 4 is 41.4 Å². The van der Waals surface area contributed by atoms with Crippen LogP contribution in [0.25, 0.3) is 0 Å². The molecule has 7 atom stereocenters. The van der Waals surface area contributed by atoms with Crippen LogP contribution in [0.2, 0.25) is 0 Å². The molecule has 4 aliphatic rings. The highest BCUT2D eigenvalue weighted by Gasteiger charge is 2.60. The van der Waals surface area contributed by atoms with Gasteiger partial charge in [0.15, 0.2) is 0 Å². The average Bonchev–Trinajstić information content (AvgIpc) is 3.56. The van der Waals surface area contributed by atoms with Gasteiger partial charge in [0, 0.05) is 47.8 Å². The molecular formula is C23H32F2N6O6S. The average molecular weight is 559 g/mol. The van der Waals surface area contributed by atoms with Crippen molar-refractivity contribution in [3.05, 3.63) is 10.6 Å². The van der Waals surface area contributed by atoms with Crippen LogP contribution in [-0.2, 0) is 24.0 Å². The van der Waals surface area contributed by atoms with Crippen molar-refractivity contribution in [3.8, 4) is 0 Å². The standard InChI is InChI=1S/C23H32F2N6O6S/c1-9-16-15(10(2)29-20(33)19(24)25)22(35)31(16)17(23(36)37)18(9)38-12-5-13(28-6-12)21(34)30-4-3-11(8-30)27-7-14(26)32/h9-13,15-16,19,27-28H,3-8H2,1-2H3,(H2,26,32)(H,29,33)(H,36,37)/t9-,10-,11+,12+,13+,15-,16+/m1/s1. The zero-order valence-electron chi connectivity index (χ0n) is 21.0. The first-order valence-electron chi connectivity index (χ1n) is 12.5. The Morgan fingerprint density at radius 3 is 2.63 bits per heavy atom. The number of aliphatic carboxylic acids is 1. The van der Waals surface area contributed by atoms with Crippen molar-refractivity contribution < 1.29 is 37.9 Å². The summed E-state index contributed by atoms with van der Waals surface area (Å²) in [5.74, 6) is -4.99. The number of likely N-dealkylation sites (tertiary alicyclic amines) is 1. The van der Waals surface area contributed by atoms with E-state index in [9.17, 15) is 37.9 Å². The van der Waals surface area contributed by atoms with Crippen LogP contribution in [0, 0.1) is 11.8 Å². The second kappa shape index (κ2) is 11.1. The first kappa shape index (κ1) is 28.2. The molecule has 0 aromatic heterocycles. The Morgan fingerprint density at radius 2 is 2.00 bits per heavy atom. The number of carboxylic acid groups (broad SMARTS) is 1. The fourth-order valence-electron chi connectivity index (χ4n) is 5.83. The maximum Gasteiger partial charge on any atom is 0.353 e. The molecule has 4 amide bonds. The first-order valence-corrected chi connectivity index (χ1v) is 13.4. The molecule has 0 saturated carbocycles. The van der Waals surface area contributed by atoms with E-state index < -0.39 is 54.2 Å². The number of nitrogens with one attached hydrogen (secondary N) is 3. The lowest BCUT2D eigenvalue weighted by Gasteiger charge is -2.47. The minimum Gasteiger partial charge on any atom is -0.477 e. The maximum absolute atomic E-state index is 13.0. The lowest BCUT2D eigenvalue weighted by atomic mass is 9.78. The third kappa shape index (κ3) is 5.36. The van der Waals surface area contributed by atoms with E-state index in [1.165, 1.54) is 23.6 Å². The molecule has 38 heavy (non-hydrogen) atoms. The van der Waals surface area contributed by atoms with Crippen LogP contribution in [0.4, 0.5) is 8.78 Å². The molecule has 15 heteroatoms. The number of fused-ring (bicyclic) bond motifs is 1. The smallest absolute Gasteiger partial charge is 0.353 e. The fraction of sp³-hybridized carbons (Fsp3) is 0.696. The van der Waals surface area contributed by atoms with E-state index in [1.54, 1.807) is 11.8 Å². The molecule has 3 saturated heterocycles. The number of hydrogen-bond donors (Lipinski definition) is 5. The van der Waals surface area contributed by atoms with Crippen LogP contribution in [-0.4, -0.2) is 107 Å². The Morgan fingerprint density at radius 1 is 1.29 bits per heavy atom. The van der Waals surface area contributed by atoms with E-state index in [-0.39, 0.29) is 35.4 Å². The van der Waals surface area contributed by atoms with Gasteiger partial charge in [-0.2, -0.15) is 8.78 Å². The molecule has 12 nitrogen and oxygen atoms in total. The number of carbonyl (C=O) groups is 5. The van der Waals surface area contributed by atoms with Crippen molar-refractivity contribution in [3.63, 3.8) is 0 Å². The molecule has 4 aliphatic heterocycles. The lowest BCUT2D eigenvalue weighted by molar-refractivity contribution is -0.159. The number of halogens is 2. The molecule has 0 radical (unpaired) electrons. The lowest BCUT2D eigenvalue weighted by Crippen LogP contribution is -2.66. The molecular weight excluding hydrogens is 526 g/mol. The summed E-state index contributed by atoms with van der Waals surface area (Å²) in [4.78, 5) is 63.9. The number of amides is 4. The second-order valence-electron chi connectivity index (χ2n) is 10.2. The van der Waals surface area contributed by atoms with Gasteiger partial charge < -0.3 is 36.6 Å². The third-order valence-electron chi connectivity index (χ3n) is 7.65. The van der Waals surface area contributed by atoms with E-state index in [0.717, 1.165) is 0 Å². The molecule has 4 rings (SSSR count). The summed E-state index contributed by atoms with van der Waals surface area (Å²) in [7, 11) is 0. The highest BCUT2D eigenvalue weighted by atomic mass is 32.2. The van der Waals surface area contributed by atoms with Gasteiger partial charge in [0.2, 0.25) is 17.7 Å². The van der Waals surface area contributed by atoms with Crippen LogP contribution in [0.3, 0.4) is 0 Å². The van der Waals surface area contributed by atoms with Gasteiger partial charge in [-0.15, -0.1) is 11.8 Å². The van der Waals surface area contributed by atoms with Crippen LogP contribution < -0.4 is 21.7 Å². The summed E-state index contributed by atoms with van der Waals surface area (Å²) >= 11 is 1.32. The summed E-state index contributed by atoms with van der Waals surface area (Å²) in [6.07, 6.45) is -2.04. The molecule has 0 bridgehead atoms. The molecule has 6 N–H and O–H groups in total. The zero-order valence-corrected chi connectivity index (χ0v) is 21.8. The van der Waals surface area contributed by atoms with Gasteiger partial charge in [-0.1, -0.05) is 6.92 Å². The van der Waals surface area contributed by atoms with Gasteiger partial charge in [-0.25, -0.2) is 4.79 Å². The number of hydrogen-bond acceptors (Lipinski definition) is 8. The molecule has 3 fully saturated rings. The van der Waals surface area contributed by atoms with E-state index in [2.05, 4.69) is 16.0 Å². The van der Waals surface area contributed by atoms with E-state index in [0.29, 0.717) is 37.4 Å². The Labute approximate surface area is 222 Å². The topological polar surface area (TPSA) is 174 Å². The van der Waals surface area contributed by atoms with Crippen molar-refractivity contribution in [1.29, 1.82) is 0 Å². The SMILES string of the molecule is C[C@@H](NC(=O)C(F)F)[C@H]1C(=O)N2C(C(=O)O)=C(S[C@@H]3CN[C@H](C(=O)N4CC[C@H](NCC(N)=O)C4)C3)[C@H](C)[C@@H]12. The van der Waals surface area contributed by atoms with Gasteiger partial charge in [-0.3, -0.25) is 19.2 Å². The van der Waals surface area contributed by atoms with Gasteiger partial charge >= 0.3 is 12.4 Å². The highest BCUT2D eigenvalue weighted by Crippen LogP contribution is 2.51. The molecule has 0 aromatic carbocycles. The molecule has 0 aromatic rings. The molecule has 210 valence electrons. The van der Waals surface area contributed by atoms with E-state index >= 15 is 0 Å². The number of carbonyl (C=O) groups excluding carboxylic acids is 4. The summed E-state index contributed by atoms with van der Waals surface area (Å²) < 4.78 is 25.4. The Balaban J connectivity index is 1.38. The van der Waals surface area contributed by atoms with E-state index in [4.69, 9.17) is 5.73 Å². The Hall–Kier alpha value is -2.78. The minimum absolute atomic E-state index is 0.0106. The summed E-state index contributed by atoms with van der Waals surface area (Å²) in [5, 5.41) is 18.2. The first-order chi connectivity index (χ1) is 17.9. The molecule has 0 aliphatic carbocycles. The number of nitrogens with zero attached hydrogens (tertiary/aromatic N) is 2. The van der Waals surface area contributed by atoms with Crippen LogP contribution in [0.5, 0.6) is 0 Å². The summed E-state index contributed by atoms with van der Waals surface area (Å²) in [6, 6.07) is -1.90. The Bertz CT molecular complexity index is 1060. The number of alkyl halides is 2. The second-order valence-corrected chi connectivity index (χ2v) is 11.5. The number of nitrogens with two attached hydrogens (primary N) is 1. The number of primary amides is 1. The van der Waals surface area contributed by atoms with Gasteiger partial charge in [-0.05, 0) is 19.8 Å². The number of carboxylic acids is 1. The third-order valence-corrected chi connectivity index (χ3v) is 9.16. The van der Waals surface area contributed by atoms with Crippen LogP contribution in [0.1, 0.15) is 26.7 Å². The molecule has 0 spiro atoms. The van der Waals surface area contributed by atoms with Crippen molar-refractivity contribution in [2.75, 3.05) is 26.2 Å². The Kier molecular flexibility index (Phi) is 8.28. The zero-order chi connectivity index (χ0) is 27.9. The highest BCUT2D eigenvalue weighted by molar-refractivity contribution is 8.03. The quantitative estimate of drug-likeness (QED) is 0.204. The minimum atomic E-state index is -3.22. The molecule has 0 unspecified atom stereocenters. The normalized spacial score (nSPS) is 31.4. The molecule has 4 heterocycles. The van der Waals surface area contributed by atoms with Gasteiger partial charge in [0.1, 0.15) is 5.70 Å². The monoisotopic (exact) mass is 558 g/mol. The van der Waals surface area contributed by atoms with Gasteiger partial charge in [0.05, 0.1) is 24.5 Å². The van der Waals surface area contributed by atoms with Crippen LogP contribution >= 0.6 is 11.8 Å². The van der Waals surface area contributed by atoms with E-state index in [1.807, 2.05) is 0 Å². The number of β-lactam (4-membered cyclic amide) rings is 1. The predicted octanol–water partition coefficient (Wildman–Crippen LogP) is -1.33. The number of rotatable bonds is 10. The largest absolute Gasteiger partial charge is 0.477 e. The predicted molar refractivity (Wildman–Crippen MR) is 132 cm³/mol. The van der Waals surface area contributed by atoms with Gasteiger partial charge in [0.25, 0.3) is 5.91 Å².